The van der Waals surface area contributed by atoms with Gasteiger partial charge in [-0.05, 0) is 6.42 Å². The number of carbonyl (C=O) groups excluding carboxylic acids is 1. The van der Waals surface area contributed by atoms with Gasteiger partial charge in [-0.1, -0.05) is 0 Å². The number of carboxylic acid groups (broad SMARTS) is 1. The van der Waals surface area contributed by atoms with Gasteiger partial charge < -0.3 is 14.6 Å². The third kappa shape index (κ3) is 1.94. The van der Waals surface area contributed by atoms with Crippen LogP contribution in [0.5, 0.6) is 0 Å². The lowest BCUT2D eigenvalue weighted by Crippen LogP contribution is -2.34. The number of fused-ring (bicyclic) bond motifs is 2. The Morgan fingerprint density at radius 1 is 1.40 bits per heavy atom. The molecule has 0 spiro atoms. The van der Waals surface area contributed by atoms with Gasteiger partial charge >= 0.3 is 11.9 Å². The van der Waals surface area contributed by atoms with Crippen LogP contribution in [0, 0.1) is 5.92 Å². The molecule has 2 aliphatic heterocycles. The minimum absolute atomic E-state index is 0.184. The first-order valence-corrected chi connectivity index (χ1v) is 5.29. The van der Waals surface area contributed by atoms with Gasteiger partial charge in [-0.15, -0.1) is 11.6 Å². The van der Waals surface area contributed by atoms with Crippen molar-refractivity contribution in [3.63, 3.8) is 0 Å². The van der Waals surface area contributed by atoms with Crippen LogP contribution < -0.4 is 0 Å². The van der Waals surface area contributed by atoms with Gasteiger partial charge in [-0.3, -0.25) is 9.59 Å². The molecule has 2 aliphatic rings. The Balaban J connectivity index is 1.91. The summed E-state index contributed by atoms with van der Waals surface area (Å²) in [6.07, 6.45) is -0.0365. The fraction of sp³-hybridized carbons (Fsp3) is 0.778. The molecule has 0 amide bonds. The van der Waals surface area contributed by atoms with Gasteiger partial charge in [0, 0.05) is 6.42 Å². The SMILES string of the molecule is O=C(CCl)OC1CC2OC1CC2C(=O)O. The molecule has 0 aromatic heterocycles. The molecule has 2 bridgehead atoms. The molecule has 2 fully saturated rings. The van der Waals surface area contributed by atoms with E-state index in [1.807, 2.05) is 0 Å². The third-order valence-corrected chi connectivity index (χ3v) is 3.09. The first kappa shape index (κ1) is 10.7. The zero-order valence-electron chi connectivity index (χ0n) is 7.89. The Kier molecular flexibility index (Phi) is 2.84. The Labute approximate surface area is 91.3 Å². The van der Waals surface area contributed by atoms with Gasteiger partial charge in [0.1, 0.15) is 12.0 Å². The summed E-state index contributed by atoms with van der Waals surface area (Å²) in [6, 6.07) is 0. The Morgan fingerprint density at radius 3 is 2.60 bits per heavy atom. The van der Waals surface area contributed by atoms with Gasteiger partial charge in [0.15, 0.2) is 0 Å². The molecule has 4 atom stereocenters. The van der Waals surface area contributed by atoms with Gasteiger partial charge in [-0.2, -0.15) is 0 Å². The first-order chi connectivity index (χ1) is 7.11. The van der Waals surface area contributed by atoms with Crippen LogP contribution in [0.4, 0.5) is 0 Å². The lowest BCUT2D eigenvalue weighted by molar-refractivity contribution is -0.148. The maximum absolute atomic E-state index is 10.9. The fourth-order valence-corrected chi connectivity index (χ4v) is 2.26. The van der Waals surface area contributed by atoms with Gasteiger partial charge in [0.2, 0.25) is 0 Å². The van der Waals surface area contributed by atoms with E-state index < -0.39 is 17.9 Å². The van der Waals surface area contributed by atoms with Crippen molar-refractivity contribution in [2.24, 2.45) is 5.92 Å². The third-order valence-electron chi connectivity index (χ3n) is 2.87. The molecule has 15 heavy (non-hydrogen) atoms. The summed E-state index contributed by atoms with van der Waals surface area (Å²) in [5.41, 5.74) is 0. The van der Waals surface area contributed by atoms with Crippen LogP contribution in [-0.2, 0) is 19.1 Å². The lowest BCUT2D eigenvalue weighted by Gasteiger charge is -2.21. The van der Waals surface area contributed by atoms with E-state index in [0.29, 0.717) is 12.8 Å². The van der Waals surface area contributed by atoms with E-state index in [0.717, 1.165) is 0 Å². The van der Waals surface area contributed by atoms with Crippen LogP contribution in [0.15, 0.2) is 0 Å². The molecular formula is C9H11ClO5. The molecular weight excluding hydrogens is 224 g/mol. The molecule has 6 heteroatoms. The zero-order chi connectivity index (χ0) is 11.0. The number of rotatable bonds is 3. The number of carboxylic acids is 1. The molecule has 2 saturated heterocycles. The number of hydrogen-bond donors (Lipinski definition) is 1. The number of carbonyl (C=O) groups is 2. The average molecular weight is 235 g/mol. The molecule has 4 unspecified atom stereocenters. The number of esters is 1. The Bertz CT molecular complexity index is 292. The summed E-state index contributed by atoms with van der Waals surface area (Å²) in [7, 11) is 0. The highest BCUT2D eigenvalue weighted by atomic mass is 35.5. The molecule has 0 aromatic rings. The predicted molar refractivity (Wildman–Crippen MR) is 49.6 cm³/mol. The van der Waals surface area contributed by atoms with Crippen molar-refractivity contribution in [2.45, 2.75) is 31.2 Å². The fourth-order valence-electron chi connectivity index (χ4n) is 2.20. The monoisotopic (exact) mass is 234 g/mol. The van der Waals surface area contributed by atoms with Crippen LogP contribution in [-0.4, -0.2) is 41.2 Å². The van der Waals surface area contributed by atoms with Crippen LogP contribution in [0.3, 0.4) is 0 Å². The standard InChI is InChI=1S/C9H11ClO5/c10-3-8(11)15-7-2-5-4(9(12)13)1-6(7)14-5/h4-7H,1-3H2,(H,12,13). The predicted octanol–water partition coefficient (Wildman–Crippen LogP) is 0.399. The largest absolute Gasteiger partial charge is 0.481 e. The first-order valence-electron chi connectivity index (χ1n) is 4.75. The molecule has 0 aromatic carbocycles. The van der Waals surface area contributed by atoms with Crippen molar-refractivity contribution in [3.8, 4) is 0 Å². The number of aliphatic carboxylic acids is 1. The van der Waals surface area contributed by atoms with Crippen LogP contribution in [0.1, 0.15) is 12.8 Å². The Hall–Kier alpha value is -0.810. The second-order valence-corrected chi connectivity index (χ2v) is 4.06. The molecule has 0 aliphatic carbocycles. The number of hydrogen-bond acceptors (Lipinski definition) is 4. The van der Waals surface area contributed by atoms with E-state index in [2.05, 4.69) is 0 Å². The zero-order valence-corrected chi connectivity index (χ0v) is 8.64. The van der Waals surface area contributed by atoms with Crippen molar-refractivity contribution in [1.82, 2.24) is 0 Å². The highest BCUT2D eigenvalue weighted by Crippen LogP contribution is 2.40. The van der Waals surface area contributed by atoms with Crippen molar-refractivity contribution < 1.29 is 24.2 Å². The molecule has 2 heterocycles. The maximum Gasteiger partial charge on any atom is 0.321 e. The second-order valence-electron chi connectivity index (χ2n) is 3.79. The molecule has 0 radical (unpaired) electrons. The van der Waals surface area contributed by atoms with Crippen molar-refractivity contribution in [3.05, 3.63) is 0 Å². The quantitative estimate of drug-likeness (QED) is 0.565. The molecule has 84 valence electrons. The summed E-state index contributed by atoms with van der Waals surface area (Å²) in [5.74, 6) is -1.97. The van der Waals surface area contributed by atoms with E-state index in [4.69, 9.17) is 26.2 Å². The number of halogens is 1. The van der Waals surface area contributed by atoms with Gasteiger partial charge in [0.05, 0.1) is 18.1 Å². The van der Waals surface area contributed by atoms with E-state index in [1.165, 1.54) is 0 Å². The van der Waals surface area contributed by atoms with Crippen molar-refractivity contribution in [1.29, 1.82) is 0 Å². The average Bonchev–Trinajstić information content (AvgIpc) is 2.76. The van der Waals surface area contributed by atoms with E-state index in [-0.39, 0.29) is 24.2 Å². The normalized spacial score (nSPS) is 37.9. The molecule has 2 rings (SSSR count). The summed E-state index contributed by atoms with van der Waals surface area (Å²) >= 11 is 5.30. The maximum atomic E-state index is 10.9. The summed E-state index contributed by atoms with van der Waals surface area (Å²) in [5, 5.41) is 8.84. The topological polar surface area (TPSA) is 72.8 Å². The van der Waals surface area contributed by atoms with Gasteiger partial charge in [-0.25, -0.2) is 0 Å². The second kappa shape index (κ2) is 3.98. The minimum atomic E-state index is -0.843. The Morgan fingerprint density at radius 2 is 2.13 bits per heavy atom. The summed E-state index contributed by atoms with van der Waals surface area (Å²) in [4.78, 5) is 21.7. The van der Waals surface area contributed by atoms with Gasteiger partial charge in [0.25, 0.3) is 0 Å². The van der Waals surface area contributed by atoms with Crippen molar-refractivity contribution in [2.75, 3.05) is 5.88 Å². The van der Waals surface area contributed by atoms with E-state index in [1.54, 1.807) is 0 Å². The lowest BCUT2D eigenvalue weighted by atomic mass is 9.87. The summed E-state index contributed by atoms with van der Waals surface area (Å²) in [6.45, 7) is 0. The van der Waals surface area contributed by atoms with Crippen LogP contribution in [0.2, 0.25) is 0 Å². The molecule has 1 N–H and O–H groups in total. The molecule has 0 saturated carbocycles. The highest BCUT2D eigenvalue weighted by Gasteiger charge is 2.51. The number of alkyl halides is 1. The summed E-state index contributed by atoms with van der Waals surface area (Å²) < 4.78 is 10.4. The van der Waals surface area contributed by atoms with E-state index >= 15 is 0 Å². The van der Waals surface area contributed by atoms with Crippen LogP contribution >= 0.6 is 11.6 Å². The van der Waals surface area contributed by atoms with Crippen molar-refractivity contribution >= 4 is 23.5 Å². The van der Waals surface area contributed by atoms with Crippen LogP contribution in [0.25, 0.3) is 0 Å². The highest BCUT2D eigenvalue weighted by molar-refractivity contribution is 6.26. The molecule has 5 nitrogen and oxygen atoms in total. The number of ether oxygens (including phenoxy) is 2. The van der Waals surface area contributed by atoms with E-state index in [9.17, 15) is 9.59 Å². The smallest absolute Gasteiger partial charge is 0.321 e. The minimum Gasteiger partial charge on any atom is -0.481 e.